The Morgan fingerprint density at radius 3 is 2.40 bits per heavy atom. The second-order valence-corrected chi connectivity index (χ2v) is 5.18. The van der Waals surface area contributed by atoms with Crippen LogP contribution in [0, 0.1) is 0 Å². The van der Waals surface area contributed by atoms with E-state index in [1.807, 2.05) is 22.6 Å². The molecule has 0 aromatic heterocycles. The largest absolute Gasteiger partial charge is 0.461 e. The molecular formula is C10H16I2O3. The molecule has 0 radical (unpaired) electrons. The van der Waals surface area contributed by atoms with Gasteiger partial charge < -0.3 is 4.74 Å². The first-order valence-corrected chi connectivity index (χ1v) is 7.96. The number of esters is 1. The quantitative estimate of drug-likeness (QED) is 0.254. The van der Waals surface area contributed by atoms with Gasteiger partial charge in [0.15, 0.2) is 0 Å². The summed E-state index contributed by atoms with van der Waals surface area (Å²) in [5.41, 5.74) is 0. The maximum absolute atomic E-state index is 11.1. The lowest BCUT2D eigenvalue weighted by molar-refractivity contribution is -0.146. The van der Waals surface area contributed by atoms with Crippen molar-refractivity contribution in [3.05, 3.63) is 0 Å². The van der Waals surface area contributed by atoms with Gasteiger partial charge in [0.25, 0.3) is 0 Å². The van der Waals surface area contributed by atoms with Crippen molar-refractivity contribution >= 4 is 56.9 Å². The van der Waals surface area contributed by atoms with Crippen LogP contribution in [-0.2, 0) is 14.3 Å². The summed E-state index contributed by atoms with van der Waals surface area (Å²) in [7, 11) is 0. The predicted molar refractivity (Wildman–Crippen MR) is 76.8 cm³/mol. The van der Waals surface area contributed by atoms with Crippen molar-refractivity contribution in [2.75, 3.05) is 8.86 Å². The summed E-state index contributed by atoms with van der Waals surface area (Å²) >= 11 is 4.28. The molecule has 5 heteroatoms. The molecule has 0 rings (SSSR count). The first-order valence-electron chi connectivity index (χ1n) is 4.91. The van der Waals surface area contributed by atoms with Crippen LogP contribution in [0.3, 0.4) is 0 Å². The molecule has 3 nitrogen and oxygen atoms in total. The number of unbranched alkanes of at least 4 members (excludes halogenated alkanes) is 1. The van der Waals surface area contributed by atoms with Crippen molar-refractivity contribution in [3.63, 3.8) is 0 Å². The molecule has 88 valence electrons. The Labute approximate surface area is 118 Å². The van der Waals surface area contributed by atoms with Crippen molar-refractivity contribution in [1.29, 1.82) is 0 Å². The molecule has 0 amide bonds. The first kappa shape index (κ1) is 15.6. The highest BCUT2D eigenvalue weighted by atomic mass is 127. The van der Waals surface area contributed by atoms with E-state index in [1.54, 1.807) is 0 Å². The number of rotatable bonds is 8. The number of ether oxygens (including phenoxy) is 1. The zero-order chi connectivity index (χ0) is 11.7. The van der Waals surface area contributed by atoms with Crippen LogP contribution in [0.25, 0.3) is 0 Å². The van der Waals surface area contributed by atoms with Crippen molar-refractivity contribution in [2.24, 2.45) is 0 Å². The fourth-order valence-electron chi connectivity index (χ4n) is 1.21. The molecule has 1 atom stereocenters. The summed E-state index contributed by atoms with van der Waals surface area (Å²) in [6.07, 6.45) is 3.05. The molecule has 0 aliphatic carbocycles. The predicted octanol–water partition coefficient (Wildman–Crippen LogP) is 2.92. The standard InChI is InChI=1S/C10H16I2O3/c1-8(13)6-9(4-2-3-5-11)15-10(14)7-12/h9H,2-7H2,1H3. The summed E-state index contributed by atoms with van der Waals surface area (Å²) < 4.78 is 6.63. The molecule has 0 aromatic rings. The number of Topliss-reactive ketones (excluding diaryl/α,β-unsaturated/α-hetero) is 1. The molecule has 0 fully saturated rings. The highest BCUT2D eigenvalue weighted by Crippen LogP contribution is 2.11. The fraction of sp³-hybridized carbons (Fsp3) is 0.800. The lowest BCUT2D eigenvalue weighted by Gasteiger charge is -2.15. The zero-order valence-corrected chi connectivity index (χ0v) is 13.1. The molecule has 0 saturated heterocycles. The third-order valence-electron chi connectivity index (χ3n) is 1.83. The van der Waals surface area contributed by atoms with E-state index in [2.05, 4.69) is 22.6 Å². The van der Waals surface area contributed by atoms with Crippen LogP contribution in [-0.4, -0.2) is 26.7 Å². The van der Waals surface area contributed by atoms with Gasteiger partial charge in [-0.2, -0.15) is 0 Å². The maximum atomic E-state index is 11.1. The van der Waals surface area contributed by atoms with E-state index < -0.39 is 0 Å². The fourth-order valence-corrected chi connectivity index (χ4v) is 1.93. The first-order chi connectivity index (χ1) is 7.10. The van der Waals surface area contributed by atoms with Gasteiger partial charge in [-0.3, -0.25) is 9.59 Å². The summed E-state index contributed by atoms with van der Waals surface area (Å²) in [4.78, 5) is 22.1. The van der Waals surface area contributed by atoms with Gasteiger partial charge in [0.05, 0.1) is 4.43 Å². The van der Waals surface area contributed by atoms with Gasteiger partial charge in [0.1, 0.15) is 11.9 Å². The Hall–Kier alpha value is 0.600. The Balaban J connectivity index is 3.94. The summed E-state index contributed by atoms with van der Waals surface area (Å²) in [6.45, 7) is 1.53. The van der Waals surface area contributed by atoms with E-state index in [1.165, 1.54) is 6.92 Å². The van der Waals surface area contributed by atoms with E-state index in [-0.39, 0.29) is 17.9 Å². The van der Waals surface area contributed by atoms with Crippen molar-refractivity contribution < 1.29 is 14.3 Å². The minimum atomic E-state index is -0.226. The summed E-state index contributed by atoms with van der Waals surface area (Å²) in [5.74, 6) is -0.146. The Kier molecular flexibility index (Phi) is 10.2. The van der Waals surface area contributed by atoms with Gasteiger partial charge in [-0.1, -0.05) is 45.2 Å². The molecular weight excluding hydrogens is 422 g/mol. The van der Waals surface area contributed by atoms with Crippen LogP contribution < -0.4 is 0 Å². The Bertz CT molecular complexity index is 207. The highest BCUT2D eigenvalue weighted by molar-refractivity contribution is 14.1. The number of hydrogen-bond acceptors (Lipinski definition) is 3. The SMILES string of the molecule is CC(=O)CC(CCCCI)OC(=O)CI. The van der Waals surface area contributed by atoms with E-state index in [4.69, 9.17) is 4.74 Å². The van der Waals surface area contributed by atoms with Crippen LogP contribution in [0.5, 0.6) is 0 Å². The van der Waals surface area contributed by atoms with Gasteiger partial charge in [-0.15, -0.1) is 0 Å². The van der Waals surface area contributed by atoms with Gasteiger partial charge in [0, 0.05) is 6.42 Å². The molecule has 0 aliphatic heterocycles. The number of halogens is 2. The van der Waals surface area contributed by atoms with Crippen LogP contribution in [0.1, 0.15) is 32.6 Å². The molecule has 0 saturated carbocycles. The molecule has 1 unspecified atom stereocenters. The third kappa shape index (κ3) is 9.52. The van der Waals surface area contributed by atoms with Gasteiger partial charge in [0.2, 0.25) is 0 Å². The Morgan fingerprint density at radius 1 is 1.27 bits per heavy atom. The normalized spacial score (nSPS) is 12.2. The average molecular weight is 438 g/mol. The summed E-state index contributed by atoms with van der Waals surface area (Å²) in [5, 5.41) is 0. The number of hydrogen-bond donors (Lipinski definition) is 0. The van der Waals surface area contributed by atoms with Crippen LogP contribution in [0.15, 0.2) is 0 Å². The molecule has 0 N–H and O–H groups in total. The van der Waals surface area contributed by atoms with E-state index in [0.717, 1.165) is 23.7 Å². The van der Waals surface area contributed by atoms with E-state index >= 15 is 0 Å². The highest BCUT2D eigenvalue weighted by Gasteiger charge is 2.15. The lowest BCUT2D eigenvalue weighted by Crippen LogP contribution is -2.21. The van der Waals surface area contributed by atoms with E-state index in [0.29, 0.717) is 10.8 Å². The van der Waals surface area contributed by atoms with E-state index in [9.17, 15) is 9.59 Å². The third-order valence-corrected chi connectivity index (χ3v) is 3.22. The number of alkyl halides is 2. The van der Waals surface area contributed by atoms with Crippen LogP contribution in [0.4, 0.5) is 0 Å². The number of carbonyl (C=O) groups excluding carboxylic acids is 2. The second-order valence-electron chi connectivity index (χ2n) is 3.34. The molecule has 0 aliphatic rings. The van der Waals surface area contributed by atoms with Gasteiger partial charge >= 0.3 is 5.97 Å². The molecule has 0 spiro atoms. The smallest absolute Gasteiger partial charge is 0.316 e. The van der Waals surface area contributed by atoms with Crippen LogP contribution in [0.2, 0.25) is 0 Å². The Morgan fingerprint density at radius 2 is 1.93 bits per heavy atom. The molecule has 15 heavy (non-hydrogen) atoms. The summed E-state index contributed by atoms with van der Waals surface area (Å²) in [6, 6.07) is 0. The van der Waals surface area contributed by atoms with Gasteiger partial charge in [-0.25, -0.2) is 0 Å². The molecule has 0 heterocycles. The average Bonchev–Trinajstić information content (AvgIpc) is 2.17. The van der Waals surface area contributed by atoms with Crippen molar-refractivity contribution in [1.82, 2.24) is 0 Å². The van der Waals surface area contributed by atoms with Crippen LogP contribution >= 0.6 is 45.2 Å². The molecule has 0 bridgehead atoms. The molecule has 0 aromatic carbocycles. The topological polar surface area (TPSA) is 43.4 Å². The minimum Gasteiger partial charge on any atom is -0.461 e. The van der Waals surface area contributed by atoms with Gasteiger partial charge in [-0.05, 0) is 30.6 Å². The van der Waals surface area contributed by atoms with Crippen molar-refractivity contribution in [3.8, 4) is 0 Å². The lowest BCUT2D eigenvalue weighted by atomic mass is 10.1. The second kappa shape index (κ2) is 9.80. The number of carbonyl (C=O) groups is 2. The minimum absolute atomic E-state index is 0.0794. The van der Waals surface area contributed by atoms with Crippen molar-refractivity contribution in [2.45, 2.75) is 38.7 Å². The maximum Gasteiger partial charge on any atom is 0.316 e. The monoisotopic (exact) mass is 438 g/mol. The zero-order valence-electron chi connectivity index (χ0n) is 8.80. The number of ketones is 1.